The Morgan fingerprint density at radius 1 is 0.846 bits per heavy atom. The summed E-state index contributed by atoms with van der Waals surface area (Å²) in [6.07, 6.45) is 6.07. The molecule has 0 saturated carbocycles. The molecule has 0 atom stereocenters. The summed E-state index contributed by atoms with van der Waals surface area (Å²) in [5.74, 6) is 0.897. The van der Waals surface area contributed by atoms with Gasteiger partial charge in [0.1, 0.15) is 11.6 Å². The highest BCUT2D eigenvalue weighted by Gasteiger charge is 2.02. The molecule has 5 rings (SSSR count). The van der Waals surface area contributed by atoms with Crippen LogP contribution in [0.25, 0.3) is 11.1 Å². The zero-order valence-electron chi connectivity index (χ0n) is 21.4. The third kappa shape index (κ3) is 8.05. The van der Waals surface area contributed by atoms with Crippen LogP contribution in [0.1, 0.15) is 11.4 Å². The first-order chi connectivity index (χ1) is 19.0. The topological polar surface area (TPSA) is 120 Å². The molecule has 3 heterocycles. The highest BCUT2D eigenvalue weighted by molar-refractivity contribution is 5.78. The Labute approximate surface area is 225 Å². The number of benzene rings is 2. The van der Waals surface area contributed by atoms with Gasteiger partial charge in [-0.25, -0.2) is 24.8 Å². The van der Waals surface area contributed by atoms with Crippen LogP contribution in [0.5, 0.6) is 5.75 Å². The summed E-state index contributed by atoms with van der Waals surface area (Å²) in [6.45, 7) is 1.55. The van der Waals surface area contributed by atoms with Crippen molar-refractivity contribution in [2.24, 2.45) is 5.10 Å². The maximum absolute atomic E-state index is 13.2. The van der Waals surface area contributed by atoms with Crippen LogP contribution in [0, 0.1) is 12.7 Å². The number of hydrogen-bond acceptors (Lipinski definition) is 9. The number of rotatable bonds is 7. The Balaban J connectivity index is 0.000000379. The van der Waals surface area contributed by atoms with Crippen LogP contribution in [-0.4, -0.2) is 38.3 Å². The number of phenolic OH excluding ortho intramolecular Hbond substituents is 1. The quantitative estimate of drug-likeness (QED) is 0.152. The van der Waals surface area contributed by atoms with Gasteiger partial charge in [-0.05, 0) is 66.6 Å². The lowest BCUT2D eigenvalue weighted by Crippen LogP contribution is -2.00. The maximum Gasteiger partial charge on any atom is 0.243 e. The number of pyridine rings is 2. The highest BCUT2D eigenvalue weighted by Crippen LogP contribution is 2.25. The van der Waals surface area contributed by atoms with Gasteiger partial charge in [0.05, 0.1) is 35.7 Å². The molecule has 3 aromatic heterocycles. The Morgan fingerprint density at radius 3 is 2.31 bits per heavy atom. The summed E-state index contributed by atoms with van der Waals surface area (Å²) in [5, 5.41) is 19.8. The summed E-state index contributed by atoms with van der Waals surface area (Å²) in [6, 6.07) is 24.5. The van der Waals surface area contributed by atoms with Crippen molar-refractivity contribution in [2.75, 3.05) is 23.1 Å². The minimum absolute atomic E-state index is 0.211. The molecule has 0 bridgehead atoms. The van der Waals surface area contributed by atoms with Gasteiger partial charge in [-0.3, -0.25) is 4.98 Å². The summed E-state index contributed by atoms with van der Waals surface area (Å²) >= 11 is 0. The first kappa shape index (κ1) is 26.7. The lowest BCUT2D eigenvalue weighted by molar-refractivity contribution is 0.475. The summed E-state index contributed by atoms with van der Waals surface area (Å²) in [4.78, 5) is 16.1. The molecule has 0 unspecified atom stereocenters. The smallest absolute Gasteiger partial charge is 0.243 e. The number of nitrogens with one attached hydrogen (secondary N) is 3. The van der Waals surface area contributed by atoms with E-state index in [-0.39, 0.29) is 17.4 Å². The Morgan fingerprint density at radius 2 is 1.67 bits per heavy atom. The van der Waals surface area contributed by atoms with Gasteiger partial charge in [0.15, 0.2) is 5.82 Å². The van der Waals surface area contributed by atoms with Gasteiger partial charge in [-0.1, -0.05) is 30.3 Å². The van der Waals surface area contributed by atoms with Crippen LogP contribution >= 0.6 is 0 Å². The number of aromatic hydroxyl groups is 1. The molecule has 2 aromatic carbocycles. The molecule has 0 aliphatic heterocycles. The zero-order chi connectivity index (χ0) is 27.5. The summed E-state index contributed by atoms with van der Waals surface area (Å²) < 4.78 is 13.2. The van der Waals surface area contributed by atoms with Crippen LogP contribution in [-0.2, 0) is 0 Å². The van der Waals surface area contributed by atoms with Crippen LogP contribution < -0.4 is 16.1 Å². The van der Waals surface area contributed by atoms with E-state index in [1.54, 1.807) is 31.5 Å². The molecule has 0 saturated heterocycles. The molecule has 196 valence electrons. The van der Waals surface area contributed by atoms with Gasteiger partial charge in [-0.2, -0.15) is 5.10 Å². The molecule has 10 heteroatoms. The predicted octanol–water partition coefficient (Wildman–Crippen LogP) is 6.00. The SMILES string of the molecule is CNc1ccccn1.Cc1nc(N/N=C/c2ccc(Nc3ccc(-c4cccc(O)c4)cc3)cn2)ncc1F. The lowest BCUT2D eigenvalue weighted by atomic mass is 10.1. The van der Waals surface area contributed by atoms with Gasteiger partial charge in [-0.15, -0.1) is 0 Å². The van der Waals surface area contributed by atoms with Crippen molar-refractivity contribution in [3.05, 3.63) is 115 Å². The average molecular weight is 523 g/mol. The molecule has 0 spiro atoms. The largest absolute Gasteiger partial charge is 0.508 e. The molecule has 0 amide bonds. The molecule has 4 N–H and O–H groups in total. The summed E-state index contributed by atoms with van der Waals surface area (Å²) in [5.41, 5.74) is 7.23. The van der Waals surface area contributed by atoms with Crippen molar-refractivity contribution >= 4 is 29.4 Å². The van der Waals surface area contributed by atoms with Gasteiger partial charge in [0.25, 0.3) is 0 Å². The average Bonchev–Trinajstić information content (AvgIpc) is 2.97. The minimum atomic E-state index is -0.465. The molecule has 0 fully saturated rings. The van der Waals surface area contributed by atoms with Gasteiger partial charge >= 0.3 is 0 Å². The summed E-state index contributed by atoms with van der Waals surface area (Å²) in [7, 11) is 1.85. The van der Waals surface area contributed by atoms with Crippen molar-refractivity contribution in [3.63, 3.8) is 0 Å². The van der Waals surface area contributed by atoms with Crippen molar-refractivity contribution < 1.29 is 9.50 Å². The van der Waals surface area contributed by atoms with Crippen molar-refractivity contribution in [1.82, 2.24) is 19.9 Å². The van der Waals surface area contributed by atoms with Crippen LogP contribution in [0.15, 0.2) is 103 Å². The van der Waals surface area contributed by atoms with E-state index in [1.165, 1.54) is 6.21 Å². The molecular weight excluding hydrogens is 495 g/mol. The van der Waals surface area contributed by atoms with E-state index >= 15 is 0 Å². The molecular formula is C29H27FN8O. The van der Waals surface area contributed by atoms with E-state index < -0.39 is 5.82 Å². The molecule has 0 radical (unpaired) electrons. The van der Waals surface area contributed by atoms with E-state index in [4.69, 9.17) is 0 Å². The third-order valence-corrected chi connectivity index (χ3v) is 5.34. The van der Waals surface area contributed by atoms with Crippen LogP contribution in [0.2, 0.25) is 0 Å². The fourth-order valence-corrected chi connectivity index (χ4v) is 3.33. The fourth-order valence-electron chi connectivity index (χ4n) is 3.33. The van der Waals surface area contributed by atoms with E-state index in [2.05, 4.69) is 41.1 Å². The van der Waals surface area contributed by atoms with Crippen LogP contribution in [0.4, 0.5) is 27.5 Å². The minimum Gasteiger partial charge on any atom is -0.508 e. The Hall–Kier alpha value is -5.38. The highest BCUT2D eigenvalue weighted by atomic mass is 19.1. The van der Waals surface area contributed by atoms with Gasteiger partial charge in [0.2, 0.25) is 5.95 Å². The second-order valence-corrected chi connectivity index (χ2v) is 8.19. The monoisotopic (exact) mass is 522 g/mol. The molecule has 39 heavy (non-hydrogen) atoms. The second kappa shape index (κ2) is 13.2. The number of anilines is 4. The Bertz CT molecular complexity index is 1510. The number of nitrogens with zero attached hydrogens (tertiary/aromatic N) is 5. The predicted molar refractivity (Wildman–Crippen MR) is 153 cm³/mol. The number of halogens is 1. The first-order valence-corrected chi connectivity index (χ1v) is 12.0. The van der Waals surface area contributed by atoms with Crippen LogP contribution in [0.3, 0.4) is 0 Å². The molecule has 9 nitrogen and oxygen atoms in total. The van der Waals surface area contributed by atoms with Gasteiger partial charge < -0.3 is 15.7 Å². The fraction of sp³-hybridized carbons (Fsp3) is 0.0690. The third-order valence-electron chi connectivity index (χ3n) is 5.34. The number of aryl methyl sites for hydroxylation is 1. The van der Waals surface area contributed by atoms with Crippen molar-refractivity contribution in [3.8, 4) is 16.9 Å². The first-order valence-electron chi connectivity index (χ1n) is 12.0. The van der Waals surface area contributed by atoms with Crippen molar-refractivity contribution in [1.29, 1.82) is 0 Å². The number of phenols is 1. The zero-order valence-corrected chi connectivity index (χ0v) is 21.4. The number of hydrazone groups is 1. The van der Waals surface area contributed by atoms with Crippen molar-refractivity contribution in [2.45, 2.75) is 6.92 Å². The van der Waals surface area contributed by atoms with E-state index in [0.717, 1.165) is 34.5 Å². The van der Waals surface area contributed by atoms with E-state index in [0.29, 0.717) is 5.69 Å². The molecule has 5 aromatic rings. The maximum atomic E-state index is 13.2. The molecule has 0 aliphatic rings. The lowest BCUT2D eigenvalue weighted by Gasteiger charge is -2.08. The molecule has 0 aliphatic carbocycles. The Kier molecular flexibility index (Phi) is 9.06. The van der Waals surface area contributed by atoms with E-state index in [9.17, 15) is 9.50 Å². The standard InChI is InChI=1S/C23H19FN6O.C6H8N2/c1-15-22(24)14-26-23(28-15)30-27-13-19-9-10-20(12-25-19)29-18-7-5-16(6-8-18)17-3-2-4-21(31)11-17;1-7-6-4-2-3-5-8-6/h2-14,29,31H,1H3,(H,26,28,30);2-5H,1H3,(H,7,8)/b27-13+;. The number of aromatic nitrogens is 4. The normalized spacial score (nSPS) is 10.4. The second-order valence-electron chi connectivity index (χ2n) is 8.19. The van der Waals surface area contributed by atoms with E-state index in [1.807, 2.05) is 73.8 Å². The van der Waals surface area contributed by atoms with Gasteiger partial charge in [0, 0.05) is 18.9 Å². The number of hydrogen-bond donors (Lipinski definition) is 4.